The molecule has 0 spiro atoms. The first-order valence-corrected chi connectivity index (χ1v) is 5.59. The van der Waals surface area contributed by atoms with E-state index in [0.29, 0.717) is 5.09 Å². The standard InChI is InChI=1S/C11H9NO3S/c13-11(14)9-1-2-10(15-9)16-7-8-3-5-12-6-4-8/h1-6H,7H2,(H,13,14). The fraction of sp³-hybridized carbons (Fsp3) is 0.0909. The zero-order chi connectivity index (χ0) is 11.4. The molecule has 0 amide bonds. The molecule has 0 saturated heterocycles. The van der Waals surface area contributed by atoms with Gasteiger partial charge in [-0.3, -0.25) is 4.98 Å². The lowest BCUT2D eigenvalue weighted by Gasteiger charge is -1.97. The van der Waals surface area contributed by atoms with Gasteiger partial charge in [-0.25, -0.2) is 4.79 Å². The SMILES string of the molecule is O=C(O)c1ccc(SCc2ccncc2)o1. The van der Waals surface area contributed by atoms with Gasteiger partial charge in [0.25, 0.3) is 0 Å². The van der Waals surface area contributed by atoms with Crippen molar-refractivity contribution in [1.82, 2.24) is 4.98 Å². The first-order valence-electron chi connectivity index (χ1n) is 4.60. The summed E-state index contributed by atoms with van der Waals surface area (Å²) in [5, 5.41) is 9.28. The van der Waals surface area contributed by atoms with Crippen molar-refractivity contribution in [3.8, 4) is 0 Å². The number of nitrogens with zero attached hydrogens (tertiary/aromatic N) is 1. The number of carbonyl (C=O) groups is 1. The Morgan fingerprint density at radius 1 is 1.31 bits per heavy atom. The Balaban J connectivity index is 1.97. The van der Waals surface area contributed by atoms with Crippen LogP contribution in [-0.2, 0) is 5.75 Å². The maximum atomic E-state index is 10.6. The number of carboxylic acids is 1. The van der Waals surface area contributed by atoms with Gasteiger partial charge in [-0.2, -0.15) is 0 Å². The zero-order valence-electron chi connectivity index (χ0n) is 8.29. The molecule has 0 fully saturated rings. The number of furan rings is 1. The van der Waals surface area contributed by atoms with Crippen LogP contribution in [-0.4, -0.2) is 16.1 Å². The van der Waals surface area contributed by atoms with Crippen molar-refractivity contribution in [2.24, 2.45) is 0 Å². The van der Waals surface area contributed by atoms with Gasteiger partial charge in [-0.1, -0.05) is 11.8 Å². The number of aromatic nitrogens is 1. The van der Waals surface area contributed by atoms with E-state index in [1.807, 2.05) is 12.1 Å². The molecule has 5 heteroatoms. The van der Waals surface area contributed by atoms with Crippen LogP contribution in [0.3, 0.4) is 0 Å². The van der Waals surface area contributed by atoms with E-state index in [0.717, 1.165) is 11.3 Å². The molecule has 0 bridgehead atoms. The third-order valence-electron chi connectivity index (χ3n) is 1.92. The fourth-order valence-electron chi connectivity index (χ4n) is 1.15. The number of hydrogen-bond donors (Lipinski definition) is 1. The molecule has 2 heterocycles. The Morgan fingerprint density at radius 2 is 2.06 bits per heavy atom. The summed E-state index contributed by atoms with van der Waals surface area (Å²) in [6.07, 6.45) is 3.45. The summed E-state index contributed by atoms with van der Waals surface area (Å²) in [4.78, 5) is 14.5. The lowest BCUT2D eigenvalue weighted by Crippen LogP contribution is -1.91. The topological polar surface area (TPSA) is 63.3 Å². The molecule has 0 aliphatic heterocycles. The van der Waals surface area contributed by atoms with E-state index >= 15 is 0 Å². The molecule has 2 aromatic rings. The molecule has 2 aromatic heterocycles. The van der Waals surface area contributed by atoms with E-state index in [9.17, 15) is 4.79 Å². The minimum absolute atomic E-state index is 0.0303. The van der Waals surface area contributed by atoms with Gasteiger partial charge >= 0.3 is 5.97 Å². The molecule has 0 aromatic carbocycles. The van der Waals surface area contributed by atoms with Gasteiger partial charge in [0.05, 0.1) is 0 Å². The molecule has 1 N–H and O–H groups in total. The minimum Gasteiger partial charge on any atom is -0.475 e. The zero-order valence-corrected chi connectivity index (χ0v) is 9.11. The lowest BCUT2D eigenvalue weighted by molar-refractivity contribution is 0.0656. The number of thioether (sulfide) groups is 1. The van der Waals surface area contributed by atoms with E-state index in [1.54, 1.807) is 18.5 Å². The highest BCUT2D eigenvalue weighted by Gasteiger charge is 2.08. The van der Waals surface area contributed by atoms with Gasteiger partial charge in [0, 0.05) is 18.1 Å². The maximum Gasteiger partial charge on any atom is 0.371 e. The lowest BCUT2D eigenvalue weighted by atomic mass is 10.3. The van der Waals surface area contributed by atoms with Crippen LogP contribution in [0.4, 0.5) is 0 Å². The van der Waals surface area contributed by atoms with Gasteiger partial charge in [0.2, 0.25) is 5.76 Å². The molecule has 82 valence electrons. The average molecular weight is 235 g/mol. The van der Waals surface area contributed by atoms with E-state index in [-0.39, 0.29) is 5.76 Å². The third-order valence-corrected chi connectivity index (χ3v) is 2.90. The van der Waals surface area contributed by atoms with E-state index in [4.69, 9.17) is 9.52 Å². The molecular weight excluding hydrogens is 226 g/mol. The summed E-state index contributed by atoms with van der Waals surface area (Å²) in [6.45, 7) is 0. The molecule has 0 aliphatic carbocycles. The van der Waals surface area contributed by atoms with E-state index in [2.05, 4.69) is 4.98 Å². The van der Waals surface area contributed by atoms with Gasteiger partial charge < -0.3 is 9.52 Å². The van der Waals surface area contributed by atoms with Gasteiger partial charge in [-0.15, -0.1) is 0 Å². The van der Waals surface area contributed by atoms with Crippen LogP contribution < -0.4 is 0 Å². The van der Waals surface area contributed by atoms with Crippen LogP contribution >= 0.6 is 11.8 Å². The molecule has 0 radical (unpaired) electrons. The summed E-state index contributed by atoms with van der Waals surface area (Å²) in [5.74, 6) is -0.345. The van der Waals surface area contributed by atoms with Crippen molar-refractivity contribution in [2.45, 2.75) is 10.8 Å². The largest absolute Gasteiger partial charge is 0.475 e. The van der Waals surface area contributed by atoms with Crippen LogP contribution in [0.2, 0.25) is 0 Å². The number of carboxylic acid groups (broad SMARTS) is 1. The molecular formula is C11H9NO3S. The number of aromatic carboxylic acids is 1. The smallest absolute Gasteiger partial charge is 0.371 e. The highest BCUT2D eigenvalue weighted by Crippen LogP contribution is 2.24. The molecule has 2 rings (SSSR count). The first-order chi connectivity index (χ1) is 7.75. The molecule has 0 saturated carbocycles. The number of rotatable bonds is 4. The van der Waals surface area contributed by atoms with E-state index < -0.39 is 5.97 Å². The van der Waals surface area contributed by atoms with Crippen molar-refractivity contribution >= 4 is 17.7 Å². The van der Waals surface area contributed by atoms with E-state index in [1.165, 1.54) is 17.8 Å². The van der Waals surface area contributed by atoms with Crippen molar-refractivity contribution < 1.29 is 14.3 Å². The Kier molecular flexibility index (Phi) is 3.26. The highest BCUT2D eigenvalue weighted by atomic mass is 32.2. The van der Waals surface area contributed by atoms with Crippen LogP contribution in [0.25, 0.3) is 0 Å². The molecule has 0 aliphatic rings. The molecule has 4 nitrogen and oxygen atoms in total. The maximum absolute atomic E-state index is 10.6. The number of hydrogen-bond acceptors (Lipinski definition) is 4. The second kappa shape index (κ2) is 4.85. The van der Waals surface area contributed by atoms with Crippen molar-refractivity contribution in [3.63, 3.8) is 0 Å². The Morgan fingerprint density at radius 3 is 2.69 bits per heavy atom. The molecule has 16 heavy (non-hydrogen) atoms. The number of pyridine rings is 1. The average Bonchev–Trinajstić information content (AvgIpc) is 2.76. The first kappa shape index (κ1) is 10.8. The predicted molar refractivity (Wildman–Crippen MR) is 59.5 cm³/mol. The quantitative estimate of drug-likeness (QED) is 0.825. The Labute approximate surface area is 96.3 Å². The van der Waals surface area contributed by atoms with Gasteiger partial charge in [0.1, 0.15) is 0 Å². The van der Waals surface area contributed by atoms with Gasteiger partial charge in [0.15, 0.2) is 5.09 Å². The molecule has 0 unspecified atom stereocenters. The van der Waals surface area contributed by atoms with Gasteiger partial charge in [-0.05, 0) is 29.8 Å². The minimum atomic E-state index is -1.05. The van der Waals surface area contributed by atoms with Crippen LogP contribution in [0, 0.1) is 0 Å². The second-order valence-electron chi connectivity index (χ2n) is 3.07. The summed E-state index contributed by atoms with van der Waals surface area (Å²) in [7, 11) is 0. The fourth-order valence-corrected chi connectivity index (χ4v) is 1.96. The Hall–Kier alpha value is -1.75. The summed E-state index contributed by atoms with van der Waals surface area (Å²) < 4.78 is 5.11. The third kappa shape index (κ3) is 2.64. The highest BCUT2D eigenvalue weighted by molar-refractivity contribution is 7.98. The van der Waals surface area contributed by atoms with Crippen LogP contribution in [0.15, 0.2) is 46.2 Å². The van der Waals surface area contributed by atoms with Crippen molar-refractivity contribution in [1.29, 1.82) is 0 Å². The van der Waals surface area contributed by atoms with Crippen molar-refractivity contribution in [2.75, 3.05) is 0 Å². The van der Waals surface area contributed by atoms with Crippen LogP contribution in [0.5, 0.6) is 0 Å². The summed E-state index contributed by atoms with van der Waals surface area (Å²) in [5.41, 5.74) is 1.12. The predicted octanol–water partition coefficient (Wildman–Crippen LogP) is 2.67. The summed E-state index contributed by atoms with van der Waals surface area (Å²) >= 11 is 1.45. The van der Waals surface area contributed by atoms with Crippen molar-refractivity contribution in [3.05, 3.63) is 48.0 Å². The summed E-state index contributed by atoms with van der Waals surface area (Å²) in [6, 6.07) is 6.94. The normalized spacial score (nSPS) is 10.2. The van der Waals surface area contributed by atoms with Crippen LogP contribution in [0.1, 0.15) is 16.1 Å². The molecule has 0 atom stereocenters. The monoisotopic (exact) mass is 235 g/mol. The Bertz CT molecular complexity index is 481. The second-order valence-corrected chi connectivity index (χ2v) is 4.05.